The van der Waals surface area contributed by atoms with Gasteiger partial charge in [-0.3, -0.25) is 4.79 Å². The van der Waals surface area contributed by atoms with Crippen molar-refractivity contribution < 1.29 is 14.7 Å². The predicted molar refractivity (Wildman–Crippen MR) is 81.4 cm³/mol. The van der Waals surface area contributed by atoms with Crippen LogP contribution < -0.4 is 10.6 Å². The van der Waals surface area contributed by atoms with E-state index in [0.717, 1.165) is 12.3 Å². The van der Waals surface area contributed by atoms with E-state index in [1.165, 1.54) is 25.7 Å². The summed E-state index contributed by atoms with van der Waals surface area (Å²) in [5.74, 6) is -0.171. The number of amides is 2. The standard InChI is InChI=1S/C16H22N2O3/c19-15(20)11-13-7-3-4-8-14(13)18-16(21)17-10-9-12-5-1-2-6-12/h3-4,7-8,12H,1-2,5-6,9-11H2,(H,19,20)(H2,17,18,21). The Morgan fingerprint density at radius 2 is 1.90 bits per heavy atom. The van der Waals surface area contributed by atoms with Gasteiger partial charge in [0, 0.05) is 12.2 Å². The number of carbonyl (C=O) groups is 2. The lowest BCUT2D eigenvalue weighted by Crippen LogP contribution is -2.30. The minimum absolute atomic E-state index is 0.0987. The molecule has 2 amide bonds. The third-order valence-electron chi connectivity index (χ3n) is 3.92. The lowest BCUT2D eigenvalue weighted by molar-refractivity contribution is -0.136. The molecular formula is C16H22N2O3. The molecule has 114 valence electrons. The van der Waals surface area contributed by atoms with Crippen LogP contribution in [0.2, 0.25) is 0 Å². The lowest BCUT2D eigenvalue weighted by atomic mass is 10.0. The molecule has 1 aromatic carbocycles. The zero-order valence-electron chi connectivity index (χ0n) is 12.1. The molecule has 0 heterocycles. The number of benzene rings is 1. The number of para-hydroxylation sites is 1. The van der Waals surface area contributed by atoms with Crippen LogP contribution >= 0.6 is 0 Å². The van der Waals surface area contributed by atoms with Crippen LogP contribution in [0.1, 0.15) is 37.7 Å². The molecule has 1 fully saturated rings. The van der Waals surface area contributed by atoms with Crippen molar-refractivity contribution in [2.75, 3.05) is 11.9 Å². The molecular weight excluding hydrogens is 268 g/mol. The van der Waals surface area contributed by atoms with Crippen molar-refractivity contribution in [1.82, 2.24) is 5.32 Å². The smallest absolute Gasteiger partial charge is 0.319 e. The minimum atomic E-state index is -0.911. The molecule has 3 N–H and O–H groups in total. The predicted octanol–water partition coefficient (Wildman–Crippen LogP) is 3.02. The van der Waals surface area contributed by atoms with Gasteiger partial charge in [-0.15, -0.1) is 0 Å². The fourth-order valence-corrected chi connectivity index (χ4v) is 2.81. The van der Waals surface area contributed by atoms with Crippen LogP contribution in [0.4, 0.5) is 10.5 Å². The molecule has 1 aromatic rings. The zero-order valence-corrected chi connectivity index (χ0v) is 12.1. The fourth-order valence-electron chi connectivity index (χ4n) is 2.81. The van der Waals surface area contributed by atoms with Gasteiger partial charge in [-0.25, -0.2) is 4.79 Å². The summed E-state index contributed by atoms with van der Waals surface area (Å²) in [6, 6.07) is 6.70. The van der Waals surface area contributed by atoms with Gasteiger partial charge in [-0.2, -0.15) is 0 Å². The number of aliphatic carboxylic acids is 1. The molecule has 0 radical (unpaired) electrons. The molecule has 1 aliphatic carbocycles. The quantitative estimate of drug-likeness (QED) is 0.753. The maximum absolute atomic E-state index is 11.9. The van der Waals surface area contributed by atoms with Crippen LogP contribution in [-0.4, -0.2) is 23.7 Å². The SMILES string of the molecule is O=C(O)Cc1ccccc1NC(=O)NCCC1CCCC1. The average molecular weight is 290 g/mol. The third-order valence-corrected chi connectivity index (χ3v) is 3.92. The van der Waals surface area contributed by atoms with E-state index in [9.17, 15) is 9.59 Å². The summed E-state index contributed by atoms with van der Waals surface area (Å²) in [4.78, 5) is 22.7. The number of urea groups is 1. The van der Waals surface area contributed by atoms with Gasteiger partial charge in [0.05, 0.1) is 6.42 Å². The molecule has 0 spiro atoms. The van der Waals surface area contributed by atoms with Crippen molar-refractivity contribution in [2.45, 2.75) is 38.5 Å². The maximum atomic E-state index is 11.9. The summed E-state index contributed by atoms with van der Waals surface area (Å²) < 4.78 is 0. The van der Waals surface area contributed by atoms with Crippen LogP contribution in [0.3, 0.4) is 0 Å². The molecule has 21 heavy (non-hydrogen) atoms. The summed E-state index contributed by atoms with van der Waals surface area (Å²) >= 11 is 0. The Morgan fingerprint density at radius 3 is 2.62 bits per heavy atom. The number of carbonyl (C=O) groups excluding carboxylic acids is 1. The van der Waals surface area contributed by atoms with Crippen molar-refractivity contribution in [1.29, 1.82) is 0 Å². The van der Waals surface area contributed by atoms with E-state index in [2.05, 4.69) is 10.6 Å². The number of rotatable bonds is 6. The first kappa shape index (κ1) is 15.4. The molecule has 0 atom stereocenters. The monoisotopic (exact) mass is 290 g/mol. The van der Waals surface area contributed by atoms with Gasteiger partial charge in [0.1, 0.15) is 0 Å². The Labute approximate surface area is 124 Å². The van der Waals surface area contributed by atoms with Crippen LogP contribution in [0.15, 0.2) is 24.3 Å². The molecule has 0 aliphatic heterocycles. The van der Waals surface area contributed by atoms with Crippen LogP contribution in [-0.2, 0) is 11.2 Å². The average Bonchev–Trinajstić information content (AvgIpc) is 2.93. The minimum Gasteiger partial charge on any atom is -0.481 e. The van der Waals surface area contributed by atoms with Gasteiger partial charge in [-0.05, 0) is 24.0 Å². The van der Waals surface area contributed by atoms with E-state index in [4.69, 9.17) is 5.11 Å². The Balaban J connectivity index is 1.80. The maximum Gasteiger partial charge on any atom is 0.319 e. The molecule has 1 aliphatic rings. The molecule has 0 saturated heterocycles. The zero-order chi connectivity index (χ0) is 15.1. The second-order valence-corrected chi connectivity index (χ2v) is 5.55. The summed E-state index contributed by atoms with van der Waals surface area (Å²) in [6.07, 6.45) is 6.07. The Bertz CT molecular complexity index is 496. The Hall–Kier alpha value is -2.04. The molecule has 2 rings (SSSR count). The fraction of sp³-hybridized carbons (Fsp3) is 0.500. The topological polar surface area (TPSA) is 78.4 Å². The highest BCUT2D eigenvalue weighted by molar-refractivity contribution is 5.90. The Morgan fingerprint density at radius 1 is 1.19 bits per heavy atom. The first-order valence-electron chi connectivity index (χ1n) is 7.49. The van der Waals surface area contributed by atoms with Crippen molar-refractivity contribution in [3.8, 4) is 0 Å². The number of nitrogens with one attached hydrogen (secondary N) is 2. The van der Waals surface area contributed by atoms with Crippen molar-refractivity contribution in [2.24, 2.45) is 5.92 Å². The highest BCUT2D eigenvalue weighted by Gasteiger charge is 2.15. The number of hydrogen-bond donors (Lipinski definition) is 3. The normalized spacial score (nSPS) is 14.9. The van der Waals surface area contributed by atoms with Gasteiger partial charge < -0.3 is 15.7 Å². The summed E-state index contributed by atoms with van der Waals surface area (Å²) in [6.45, 7) is 0.664. The molecule has 1 saturated carbocycles. The summed E-state index contributed by atoms with van der Waals surface area (Å²) in [5.41, 5.74) is 1.16. The molecule has 0 aromatic heterocycles. The van der Waals surface area contributed by atoms with Crippen LogP contribution in [0, 0.1) is 5.92 Å². The van der Waals surface area contributed by atoms with Crippen LogP contribution in [0.25, 0.3) is 0 Å². The van der Waals surface area contributed by atoms with E-state index >= 15 is 0 Å². The van der Waals surface area contributed by atoms with E-state index < -0.39 is 5.97 Å². The number of carboxylic acid groups (broad SMARTS) is 1. The van der Waals surface area contributed by atoms with E-state index in [1.807, 2.05) is 0 Å². The van der Waals surface area contributed by atoms with E-state index in [0.29, 0.717) is 17.8 Å². The van der Waals surface area contributed by atoms with Gasteiger partial charge >= 0.3 is 12.0 Å². The second kappa shape index (κ2) is 7.67. The summed E-state index contributed by atoms with van der Waals surface area (Å²) in [7, 11) is 0. The number of anilines is 1. The highest BCUT2D eigenvalue weighted by atomic mass is 16.4. The summed E-state index contributed by atoms with van der Waals surface area (Å²) in [5, 5.41) is 14.4. The Kier molecular flexibility index (Phi) is 5.60. The molecule has 5 heteroatoms. The largest absolute Gasteiger partial charge is 0.481 e. The lowest BCUT2D eigenvalue weighted by Gasteiger charge is -2.12. The third kappa shape index (κ3) is 5.10. The number of hydrogen-bond acceptors (Lipinski definition) is 2. The van der Waals surface area contributed by atoms with Gasteiger partial charge in [-0.1, -0.05) is 43.9 Å². The van der Waals surface area contributed by atoms with Gasteiger partial charge in [0.2, 0.25) is 0 Å². The van der Waals surface area contributed by atoms with Gasteiger partial charge in [0.15, 0.2) is 0 Å². The molecule has 0 bridgehead atoms. The second-order valence-electron chi connectivity index (χ2n) is 5.55. The first-order valence-corrected chi connectivity index (χ1v) is 7.49. The molecule has 5 nitrogen and oxygen atoms in total. The molecule has 0 unspecified atom stereocenters. The first-order chi connectivity index (χ1) is 10.1. The van der Waals surface area contributed by atoms with Crippen molar-refractivity contribution >= 4 is 17.7 Å². The van der Waals surface area contributed by atoms with Crippen molar-refractivity contribution in [3.63, 3.8) is 0 Å². The van der Waals surface area contributed by atoms with Crippen LogP contribution in [0.5, 0.6) is 0 Å². The van der Waals surface area contributed by atoms with Gasteiger partial charge in [0.25, 0.3) is 0 Å². The van der Waals surface area contributed by atoms with E-state index in [1.54, 1.807) is 24.3 Å². The number of carboxylic acids is 1. The highest BCUT2D eigenvalue weighted by Crippen LogP contribution is 2.26. The van der Waals surface area contributed by atoms with Crippen molar-refractivity contribution in [3.05, 3.63) is 29.8 Å². The van der Waals surface area contributed by atoms with E-state index in [-0.39, 0.29) is 12.5 Å².